The second kappa shape index (κ2) is 8.08. The molecule has 0 bridgehead atoms. The molecule has 1 aliphatic carbocycles. The quantitative estimate of drug-likeness (QED) is 0.715. The van der Waals surface area contributed by atoms with Gasteiger partial charge in [0.25, 0.3) is 5.91 Å². The van der Waals surface area contributed by atoms with Gasteiger partial charge in [-0.15, -0.1) is 11.3 Å². The van der Waals surface area contributed by atoms with E-state index in [-0.39, 0.29) is 23.9 Å². The number of sulfonamides is 1. The lowest BCUT2D eigenvalue weighted by molar-refractivity contribution is 0.0958. The molecule has 2 aromatic rings. The molecule has 1 unspecified atom stereocenters. The van der Waals surface area contributed by atoms with Crippen molar-refractivity contribution in [3.8, 4) is 0 Å². The van der Waals surface area contributed by atoms with Gasteiger partial charge in [-0.05, 0) is 55.0 Å². The van der Waals surface area contributed by atoms with Crippen LogP contribution < -0.4 is 10.0 Å². The molecular weight excluding hydrogens is 392 g/mol. The van der Waals surface area contributed by atoms with Crippen molar-refractivity contribution in [3.05, 3.63) is 50.7 Å². The summed E-state index contributed by atoms with van der Waals surface area (Å²) >= 11 is 7.37. The van der Waals surface area contributed by atoms with E-state index in [0.29, 0.717) is 15.8 Å². The molecule has 0 radical (unpaired) electrons. The Hall–Kier alpha value is -1.41. The monoisotopic (exact) mass is 412 g/mol. The number of nitrogens with one attached hydrogen (secondary N) is 2. The van der Waals surface area contributed by atoms with Crippen molar-refractivity contribution in [1.29, 1.82) is 0 Å². The molecule has 1 aromatic carbocycles. The Labute approximate surface area is 162 Å². The smallest absolute Gasteiger partial charge is 0.261 e. The minimum Gasteiger partial charge on any atom is -0.350 e. The van der Waals surface area contributed by atoms with Crippen LogP contribution in [0.25, 0.3) is 0 Å². The maximum atomic E-state index is 12.3. The molecule has 5 nitrogen and oxygen atoms in total. The maximum absolute atomic E-state index is 12.3. The molecule has 8 heteroatoms. The summed E-state index contributed by atoms with van der Waals surface area (Å²) in [6.07, 6.45) is 3.23. The van der Waals surface area contributed by atoms with Gasteiger partial charge in [-0.2, -0.15) is 0 Å². The van der Waals surface area contributed by atoms with Crippen molar-refractivity contribution in [1.82, 2.24) is 10.0 Å². The Morgan fingerprint density at radius 1 is 1.31 bits per heavy atom. The van der Waals surface area contributed by atoms with Gasteiger partial charge in [0.15, 0.2) is 0 Å². The maximum Gasteiger partial charge on any atom is 0.261 e. The molecule has 0 saturated heterocycles. The van der Waals surface area contributed by atoms with Gasteiger partial charge in [0, 0.05) is 23.0 Å². The third kappa shape index (κ3) is 4.65. The summed E-state index contributed by atoms with van der Waals surface area (Å²) in [6.45, 7) is 2.56. The number of halogens is 1. The predicted octanol–water partition coefficient (Wildman–Crippen LogP) is 3.23. The summed E-state index contributed by atoms with van der Waals surface area (Å²) in [4.78, 5) is 14.4. The number of fused-ring (bicyclic) bond motifs is 1. The van der Waals surface area contributed by atoms with E-state index in [4.69, 9.17) is 11.6 Å². The number of aryl methyl sites for hydroxylation is 1. The molecule has 1 aliphatic rings. The van der Waals surface area contributed by atoms with E-state index in [0.717, 1.165) is 12.8 Å². The molecule has 0 saturated carbocycles. The summed E-state index contributed by atoms with van der Waals surface area (Å²) < 4.78 is 26.8. The van der Waals surface area contributed by atoms with Crippen LogP contribution in [0, 0.1) is 5.92 Å². The van der Waals surface area contributed by atoms with Gasteiger partial charge < -0.3 is 5.32 Å². The molecule has 1 aromatic heterocycles. The highest BCUT2D eigenvalue weighted by Crippen LogP contribution is 2.32. The van der Waals surface area contributed by atoms with E-state index >= 15 is 0 Å². The number of hydrogen-bond donors (Lipinski definition) is 2. The van der Waals surface area contributed by atoms with E-state index in [1.807, 2.05) is 6.07 Å². The Morgan fingerprint density at radius 3 is 2.88 bits per heavy atom. The number of thiophene rings is 1. The van der Waals surface area contributed by atoms with Crippen LogP contribution in [0.5, 0.6) is 0 Å². The fourth-order valence-corrected chi connectivity index (χ4v) is 5.44. The second-order valence-corrected chi connectivity index (χ2v) is 9.86. The van der Waals surface area contributed by atoms with Crippen LogP contribution in [0.2, 0.25) is 5.02 Å². The molecular formula is C18H21ClN2O3S2. The molecule has 0 fully saturated rings. The summed E-state index contributed by atoms with van der Waals surface area (Å²) in [5.41, 5.74) is 1.28. The van der Waals surface area contributed by atoms with Crippen molar-refractivity contribution in [3.63, 3.8) is 0 Å². The lowest BCUT2D eigenvalue weighted by Gasteiger charge is -2.16. The minimum atomic E-state index is -3.64. The fraction of sp³-hybridized carbons (Fsp3) is 0.389. The molecule has 0 aliphatic heterocycles. The molecule has 1 atom stereocenters. The largest absolute Gasteiger partial charge is 0.350 e. The normalized spacial score (nSPS) is 16.9. The Morgan fingerprint density at radius 2 is 2.12 bits per heavy atom. The third-order valence-corrected chi connectivity index (χ3v) is 7.29. The van der Waals surface area contributed by atoms with Gasteiger partial charge in [-0.1, -0.05) is 24.6 Å². The lowest BCUT2D eigenvalue weighted by Crippen LogP contribution is -2.34. The topological polar surface area (TPSA) is 75.3 Å². The van der Waals surface area contributed by atoms with Crippen LogP contribution in [0.15, 0.2) is 35.2 Å². The van der Waals surface area contributed by atoms with Crippen LogP contribution in [-0.4, -0.2) is 27.4 Å². The predicted molar refractivity (Wildman–Crippen MR) is 104 cm³/mol. The first-order valence-corrected chi connectivity index (χ1v) is 11.2. The summed E-state index contributed by atoms with van der Waals surface area (Å²) in [7, 11) is -3.64. The zero-order chi connectivity index (χ0) is 18.7. The Kier molecular flexibility index (Phi) is 6.02. The second-order valence-electron chi connectivity index (χ2n) is 6.52. The average Bonchev–Trinajstić information content (AvgIpc) is 3.02. The Balaban J connectivity index is 1.51. The van der Waals surface area contributed by atoms with Crippen molar-refractivity contribution in [2.24, 2.45) is 5.92 Å². The lowest BCUT2D eigenvalue weighted by atomic mass is 9.90. The van der Waals surface area contributed by atoms with Crippen LogP contribution >= 0.6 is 22.9 Å². The van der Waals surface area contributed by atoms with Gasteiger partial charge in [-0.25, -0.2) is 13.1 Å². The van der Waals surface area contributed by atoms with Crippen LogP contribution in [0.3, 0.4) is 0 Å². The van der Waals surface area contributed by atoms with Gasteiger partial charge in [0.2, 0.25) is 10.0 Å². The highest BCUT2D eigenvalue weighted by atomic mass is 35.5. The summed E-state index contributed by atoms with van der Waals surface area (Å²) in [5, 5.41) is 3.13. The zero-order valence-electron chi connectivity index (χ0n) is 14.4. The molecule has 2 N–H and O–H groups in total. The first-order valence-electron chi connectivity index (χ1n) is 8.50. The van der Waals surface area contributed by atoms with Crippen molar-refractivity contribution in [2.45, 2.75) is 31.1 Å². The molecule has 26 heavy (non-hydrogen) atoms. The highest BCUT2D eigenvalue weighted by molar-refractivity contribution is 7.89. The SMILES string of the molecule is CC1CCc2sc(C(=O)NCCNS(=O)(=O)c3cccc(Cl)c3)cc2C1. The van der Waals surface area contributed by atoms with Gasteiger partial charge in [0.1, 0.15) is 0 Å². The van der Waals surface area contributed by atoms with E-state index in [9.17, 15) is 13.2 Å². The van der Waals surface area contributed by atoms with E-state index in [1.165, 1.54) is 29.0 Å². The Bertz CT molecular complexity index is 909. The highest BCUT2D eigenvalue weighted by Gasteiger charge is 2.20. The number of hydrogen-bond acceptors (Lipinski definition) is 4. The van der Waals surface area contributed by atoms with E-state index < -0.39 is 10.0 Å². The van der Waals surface area contributed by atoms with Crippen LogP contribution in [-0.2, 0) is 22.9 Å². The molecule has 1 amide bonds. The standard InChI is InChI=1S/C18H21ClN2O3S2/c1-12-5-6-16-13(9-12)10-17(25-16)18(22)20-7-8-21-26(23,24)15-4-2-3-14(19)11-15/h2-4,10-12,21H,5-9H2,1H3,(H,20,22). The van der Waals surface area contributed by atoms with Crippen molar-refractivity contribution in [2.75, 3.05) is 13.1 Å². The fourth-order valence-electron chi connectivity index (χ4n) is 2.98. The zero-order valence-corrected chi connectivity index (χ0v) is 16.8. The van der Waals surface area contributed by atoms with Crippen LogP contribution in [0.4, 0.5) is 0 Å². The average molecular weight is 413 g/mol. The number of amides is 1. The van der Waals surface area contributed by atoms with Crippen molar-refractivity contribution < 1.29 is 13.2 Å². The first kappa shape index (κ1) is 19.4. The van der Waals surface area contributed by atoms with Crippen molar-refractivity contribution >= 4 is 38.9 Å². The molecule has 140 valence electrons. The third-order valence-electron chi connectivity index (χ3n) is 4.36. The summed E-state index contributed by atoms with van der Waals surface area (Å²) in [6, 6.07) is 8.03. The number of rotatable bonds is 6. The van der Waals surface area contributed by atoms with Gasteiger partial charge >= 0.3 is 0 Å². The molecule has 3 rings (SSSR count). The van der Waals surface area contributed by atoms with Crippen LogP contribution in [0.1, 0.15) is 33.5 Å². The number of benzene rings is 1. The van der Waals surface area contributed by atoms with E-state index in [2.05, 4.69) is 17.0 Å². The van der Waals surface area contributed by atoms with Gasteiger partial charge in [0.05, 0.1) is 9.77 Å². The molecule has 1 heterocycles. The molecule has 0 spiro atoms. The van der Waals surface area contributed by atoms with E-state index in [1.54, 1.807) is 23.5 Å². The van der Waals surface area contributed by atoms with Gasteiger partial charge in [-0.3, -0.25) is 4.79 Å². The minimum absolute atomic E-state index is 0.108. The number of carbonyl (C=O) groups excluding carboxylic acids is 1. The summed E-state index contributed by atoms with van der Waals surface area (Å²) in [5.74, 6) is 0.507. The first-order chi connectivity index (χ1) is 12.3. The number of carbonyl (C=O) groups is 1.